The van der Waals surface area contributed by atoms with Gasteiger partial charge < -0.3 is 9.73 Å². The summed E-state index contributed by atoms with van der Waals surface area (Å²) in [5.41, 5.74) is 2.05. The quantitative estimate of drug-likeness (QED) is 0.872. The number of nitrogens with one attached hydrogen (secondary N) is 1. The second kappa shape index (κ2) is 4.78. The van der Waals surface area contributed by atoms with Crippen LogP contribution in [0, 0.1) is 6.92 Å². The molecule has 5 heteroatoms. The molecule has 17 heavy (non-hydrogen) atoms. The molecule has 1 heterocycles. The molecule has 0 fully saturated rings. The van der Waals surface area contributed by atoms with Crippen LogP contribution in [0.5, 0.6) is 0 Å². The number of rotatable bonds is 3. The van der Waals surface area contributed by atoms with Gasteiger partial charge in [-0.25, -0.2) is 0 Å². The van der Waals surface area contributed by atoms with E-state index in [1.807, 2.05) is 31.2 Å². The number of carbonyl (C=O) groups excluding carboxylic acids is 1. The van der Waals surface area contributed by atoms with Crippen molar-refractivity contribution < 1.29 is 9.21 Å². The first kappa shape index (κ1) is 11.3. The molecule has 1 aromatic heterocycles. The van der Waals surface area contributed by atoms with Crippen molar-refractivity contribution in [2.45, 2.75) is 20.4 Å². The molecule has 88 valence electrons. The van der Waals surface area contributed by atoms with Gasteiger partial charge in [0.05, 0.1) is 6.54 Å². The van der Waals surface area contributed by atoms with Gasteiger partial charge in [-0.3, -0.25) is 4.79 Å². The van der Waals surface area contributed by atoms with Crippen LogP contribution in [0.15, 0.2) is 28.7 Å². The first-order valence-corrected chi connectivity index (χ1v) is 5.29. The lowest BCUT2D eigenvalue weighted by atomic mass is 10.1. The monoisotopic (exact) mass is 231 g/mol. The molecule has 5 nitrogen and oxygen atoms in total. The molecule has 0 saturated carbocycles. The number of amides is 1. The van der Waals surface area contributed by atoms with Crippen molar-refractivity contribution in [3.8, 4) is 11.5 Å². The van der Waals surface area contributed by atoms with E-state index in [4.69, 9.17) is 4.42 Å². The lowest BCUT2D eigenvalue weighted by Gasteiger charge is -1.96. The standard InChI is InChI=1S/C12H13N3O2/c1-8-3-5-10(6-4-8)12-15-14-11(17-12)7-13-9(2)16/h3-6H,7H2,1-2H3,(H,13,16). The average molecular weight is 231 g/mol. The molecular weight excluding hydrogens is 218 g/mol. The Hall–Kier alpha value is -2.17. The van der Waals surface area contributed by atoms with Gasteiger partial charge in [-0.1, -0.05) is 17.7 Å². The van der Waals surface area contributed by atoms with E-state index in [0.29, 0.717) is 11.8 Å². The lowest BCUT2D eigenvalue weighted by molar-refractivity contribution is -0.119. The highest BCUT2D eigenvalue weighted by atomic mass is 16.4. The van der Waals surface area contributed by atoms with Crippen LogP contribution in [-0.2, 0) is 11.3 Å². The van der Waals surface area contributed by atoms with E-state index >= 15 is 0 Å². The van der Waals surface area contributed by atoms with E-state index in [2.05, 4.69) is 15.5 Å². The maximum atomic E-state index is 10.7. The molecule has 0 aliphatic carbocycles. The van der Waals surface area contributed by atoms with E-state index in [1.54, 1.807) is 0 Å². The summed E-state index contributed by atoms with van der Waals surface area (Å²) >= 11 is 0. The van der Waals surface area contributed by atoms with Crippen molar-refractivity contribution in [1.29, 1.82) is 0 Å². The summed E-state index contributed by atoms with van der Waals surface area (Å²) in [5.74, 6) is 0.737. The minimum atomic E-state index is -0.125. The average Bonchev–Trinajstić information content (AvgIpc) is 2.76. The van der Waals surface area contributed by atoms with Crippen LogP contribution in [0.3, 0.4) is 0 Å². The Labute approximate surface area is 98.9 Å². The van der Waals surface area contributed by atoms with Gasteiger partial charge in [-0.15, -0.1) is 10.2 Å². The fraction of sp³-hybridized carbons (Fsp3) is 0.250. The number of hydrogen-bond donors (Lipinski definition) is 1. The van der Waals surface area contributed by atoms with Gasteiger partial charge in [0.25, 0.3) is 0 Å². The molecule has 0 bridgehead atoms. The van der Waals surface area contributed by atoms with E-state index in [-0.39, 0.29) is 12.5 Å². The Balaban J connectivity index is 2.12. The van der Waals surface area contributed by atoms with Crippen LogP contribution in [0.1, 0.15) is 18.4 Å². The Kier molecular flexibility index (Phi) is 3.18. The van der Waals surface area contributed by atoms with E-state index in [9.17, 15) is 4.79 Å². The van der Waals surface area contributed by atoms with Gasteiger partial charge in [0.1, 0.15) is 0 Å². The molecule has 0 radical (unpaired) electrons. The molecule has 0 atom stereocenters. The van der Waals surface area contributed by atoms with Crippen molar-refractivity contribution >= 4 is 5.91 Å². The highest BCUT2D eigenvalue weighted by Gasteiger charge is 2.08. The molecule has 2 aromatic rings. The number of benzene rings is 1. The fourth-order valence-corrected chi connectivity index (χ4v) is 1.34. The smallest absolute Gasteiger partial charge is 0.247 e. The first-order chi connectivity index (χ1) is 8.15. The molecule has 1 N–H and O–H groups in total. The summed E-state index contributed by atoms with van der Waals surface area (Å²) in [6, 6.07) is 7.80. The second-order valence-electron chi connectivity index (χ2n) is 3.78. The summed E-state index contributed by atoms with van der Waals surface area (Å²) in [6.07, 6.45) is 0. The zero-order chi connectivity index (χ0) is 12.3. The fourth-order valence-electron chi connectivity index (χ4n) is 1.34. The second-order valence-corrected chi connectivity index (χ2v) is 3.78. The molecule has 2 rings (SSSR count). The summed E-state index contributed by atoms with van der Waals surface area (Å²) < 4.78 is 5.42. The van der Waals surface area contributed by atoms with Crippen LogP contribution in [0.2, 0.25) is 0 Å². The Morgan fingerprint density at radius 1 is 1.29 bits per heavy atom. The van der Waals surface area contributed by atoms with Gasteiger partial charge >= 0.3 is 0 Å². The normalized spacial score (nSPS) is 10.2. The Morgan fingerprint density at radius 3 is 2.65 bits per heavy atom. The molecule has 0 aliphatic heterocycles. The lowest BCUT2D eigenvalue weighted by Crippen LogP contribution is -2.18. The topological polar surface area (TPSA) is 68.0 Å². The Morgan fingerprint density at radius 2 is 2.00 bits per heavy atom. The molecule has 0 saturated heterocycles. The Bertz CT molecular complexity index is 517. The third kappa shape index (κ3) is 2.90. The SMILES string of the molecule is CC(=O)NCc1nnc(-c2ccc(C)cc2)o1. The molecule has 1 aromatic carbocycles. The third-order valence-corrected chi connectivity index (χ3v) is 2.25. The predicted molar refractivity (Wildman–Crippen MR) is 62.0 cm³/mol. The van der Waals surface area contributed by atoms with E-state index in [1.165, 1.54) is 12.5 Å². The highest BCUT2D eigenvalue weighted by Crippen LogP contribution is 2.17. The molecular formula is C12H13N3O2. The minimum absolute atomic E-state index is 0.125. The van der Waals surface area contributed by atoms with Crippen LogP contribution >= 0.6 is 0 Å². The maximum Gasteiger partial charge on any atom is 0.247 e. The summed E-state index contributed by atoms with van der Waals surface area (Å²) in [7, 11) is 0. The summed E-state index contributed by atoms with van der Waals surface area (Å²) in [6.45, 7) is 3.71. The van der Waals surface area contributed by atoms with Crippen molar-refractivity contribution in [3.63, 3.8) is 0 Å². The molecule has 0 spiro atoms. The molecule has 0 aliphatic rings. The maximum absolute atomic E-state index is 10.7. The van der Waals surface area contributed by atoms with Gasteiger partial charge in [-0.05, 0) is 19.1 Å². The summed E-state index contributed by atoms with van der Waals surface area (Å²) in [4.78, 5) is 10.7. The predicted octanol–water partition coefficient (Wildman–Crippen LogP) is 1.68. The van der Waals surface area contributed by atoms with Crippen LogP contribution in [0.4, 0.5) is 0 Å². The number of hydrogen-bond acceptors (Lipinski definition) is 4. The van der Waals surface area contributed by atoms with E-state index in [0.717, 1.165) is 5.56 Å². The number of aromatic nitrogens is 2. The minimum Gasteiger partial charge on any atom is -0.419 e. The zero-order valence-corrected chi connectivity index (χ0v) is 9.73. The third-order valence-electron chi connectivity index (χ3n) is 2.25. The summed E-state index contributed by atoms with van der Waals surface area (Å²) in [5, 5.41) is 10.4. The largest absolute Gasteiger partial charge is 0.419 e. The number of nitrogens with zero attached hydrogens (tertiary/aromatic N) is 2. The van der Waals surface area contributed by atoms with Gasteiger partial charge in [-0.2, -0.15) is 0 Å². The van der Waals surface area contributed by atoms with Crippen LogP contribution < -0.4 is 5.32 Å². The van der Waals surface area contributed by atoms with Crippen molar-refractivity contribution in [2.75, 3.05) is 0 Å². The van der Waals surface area contributed by atoms with E-state index < -0.39 is 0 Å². The number of carbonyl (C=O) groups is 1. The van der Waals surface area contributed by atoms with Crippen molar-refractivity contribution in [3.05, 3.63) is 35.7 Å². The molecule has 1 amide bonds. The zero-order valence-electron chi connectivity index (χ0n) is 9.73. The van der Waals surface area contributed by atoms with Crippen LogP contribution in [-0.4, -0.2) is 16.1 Å². The van der Waals surface area contributed by atoms with Gasteiger partial charge in [0.2, 0.25) is 17.7 Å². The first-order valence-electron chi connectivity index (χ1n) is 5.29. The number of aryl methyl sites for hydroxylation is 1. The molecule has 0 unspecified atom stereocenters. The van der Waals surface area contributed by atoms with Gasteiger partial charge in [0, 0.05) is 12.5 Å². The van der Waals surface area contributed by atoms with Crippen molar-refractivity contribution in [1.82, 2.24) is 15.5 Å². The van der Waals surface area contributed by atoms with Crippen LogP contribution in [0.25, 0.3) is 11.5 Å². The highest BCUT2D eigenvalue weighted by molar-refractivity contribution is 5.72. The van der Waals surface area contributed by atoms with Crippen molar-refractivity contribution in [2.24, 2.45) is 0 Å². The van der Waals surface area contributed by atoms with Gasteiger partial charge in [0.15, 0.2) is 0 Å².